The van der Waals surface area contributed by atoms with E-state index < -0.39 is 0 Å². The summed E-state index contributed by atoms with van der Waals surface area (Å²) in [6, 6.07) is 10.9. The summed E-state index contributed by atoms with van der Waals surface area (Å²) in [5.74, 6) is -0.593. The molecule has 0 aromatic heterocycles. The lowest BCUT2D eigenvalue weighted by atomic mass is 10.1. The van der Waals surface area contributed by atoms with Gasteiger partial charge in [0.05, 0.1) is 16.3 Å². The Kier molecular flexibility index (Phi) is 7.18. The number of carbonyl (C=O) groups excluding carboxylic acids is 2. The second-order valence-corrected chi connectivity index (χ2v) is 6.59. The Morgan fingerprint density at radius 2 is 1.81 bits per heavy atom. The summed E-state index contributed by atoms with van der Waals surface area (Å²) in [5.41, 5.74) is 5.80. The number of aryl methyl sites for hydroxylation is 2. The zero-order chi connectivity index (χ0) is 19.1. The van der Waals surface area contributed by atoms with Gasteiger partial charge in [0.25, 0.3) is 0 Å². The molecule has 2 N–H and O–H groups in total. The van der Waals surface area contributed by atoms with Gasteiger partial charge in [0.1, 0.15) is 0 Å². The Morgan fingerprint density at radius 3 is 2.54 bits per heavy atom. The Balaban J connectivity index is 1.80. The van der Waals surface area contributed by atoms with Gasteiger partial charge < -0.3 is 5.32 Å². The third-order valence-electron chi connectivity index (χ3n) is 3.61. The number of amides is 2. The van der Waals surface area contributed by atoms with Crippen molar-refractivity contribution in [1.29, 1.82) is 0 Å². The van der Waals surface area contributed by atoms with Gasteiger partial charge in [0.2, 0.25) is 11.8 Å². The van der Waals surface area contributed by atoms with Crippen molar-refractivity contribution < 1.29 is 9.59 Å². The molecule has 0 aliphatic rings. The van der Waals surface area contributed by atoms with Crippen LogP contribution >= 0.6 is 23.2 Å². The molecule has 0 saturated carbocycles. The maximum atomic E-state index is 12.0. The molecular weight excluding hydrogens is 373 g/mol. The predicted octanol–water partition coefficient (Wildman–Crippen LogP) is 4.48. The van der Waals surface area contributed by atoms with E-state index in [0.29, 0.717) is 15.6 Å². The SMILES string of the molecule is Cc1ccc(NC(=O)CCC(=O)N/N=C/c2cccc(Cl)c2Cl)c(C)c1. The molecule has 0 aliphatic carbocycles. The van der Waals surface area contributed by atoms with Gasteiger partial charge >= 0.3 is 0 Å². The molecule has 0 heterocycles. The first kappa shape index (κ1) is 19.9. The molecule has 0 saturated heterocycles. The first-order valence-electron chi connectivity index (χ1n) is 8.00. The standard InChI is InChI=1S/C19H19Cl2N3O2/c1-12-6-7-16(13(2)10-12)23-17(25)8-9-18(26)24-22-11-14-4-3-5-15(20)19(14)21/h3-7,10-11H,8-9H2,1-2H3,(H,23,25)(H,24,26)/b22-11+. The molecule has 2 amide bonds. The van der Waals surface area contributed by atoms with Crippen molar-refractivity contribution >= 4 is 46.9 Å². The average molecular weight is 392 g/mol. The summed E-state index contributed by atoms with van der Waals surface area (Å²) in [6.07, 6.45) is 1.49. The van der Waals surface area contributed by atoms with Crippen LogP contribution in [0.5, 0.6) is 0 Å². The minimum atomic E-state index is -0.366. The van der Waals surface area contributed by atoms with Gasteiger partial charge in [0.15, 0.2) is 0 Å². The van der Waals surface area contributed by atoms with Crippen molar-refractivity contribution in [2.75, 3.05) is 5.32 Å². The predicted molar refractivity (Wildman–Crippen MR) is 106 cm³/mol. The summed E-state index contributed by atoms with van der Waals surface area (Å²) < 4.78 is 0. The molecule has 0 spiro atoms. The molecule has 26 heavy (non-hydrogen) atoms. The van der Waals surface area contributed by atoms with Gasteiger partial charge in [-0.2, -0.15) is 5.10 Å². The quantitative estimate of drug-likeness (QED) is 0.562. The van der Waals surface area contributed by atoms with Crippen LogP contribution in [0.3, 0.4) is 0 Å². The number of halogens is 2. The molecule has 0 fully saturated rings. The summed E-state index contributed by atoms with van der Waals surface area (Å²) in [7, 11) is 0. The zero-order valence-electron chi connectivity index (χ0n) is 14.5. The molecule has 0 bridgehead atoms. The van der Waals surface area contributed by atoms with Crippen LogP contribution in [0.2, 0.25) is 10.0 Å². The van der Waals surface area contributed by atoms with E-state index in [1.54, 1.807) is 18.2 Å². The fourth-order valence-electron chi connectivity index (χ4n) is 2.24. The van der Waals surface area contributed by atoms with Crippen LogP contribution in [0.15, 0.2) is 41.5 Å². The number of benzene rings is 2. The summed E-state index contributed by atoms with van der Waals surface area (Å²) in [6.45, 7) is 3.91. The molecule has 2 rings (SSSR count). The molecular formula is C19H19Cl2N3O2. The van der Waals surface area contributed by atoms with E-state index in [1.807, 2.05) is 32.0 Å². The van der Waals surface area contributed by atoms with Gasteiger partial charge in [-0.05, 0) is 31.5 Å². The van der Waals surface area contributed by atoms with Gasteiger partial charge in [-0.25, -0.2) is 5.43 Å². The van der Waals surface area contributed by atoms with Gasteiger partial charge in [0, 0.05) is 24.1 Å². The summed E-state index contributed by atoms with van der Waals surface area (Å²) in [5, 5.41) is 7.40. The molecule has 5 nitrogen and oxygen atoms in total. The molecule has 2 aromatic rings. The fourth-order valence-corrected chi connectivity index (χ4v) is 2.60. The van der Waals surface area contributed by atoms with E-state index in [4.69, 9.17) is 23.2 Å². The monoisotopic (exact) mass is 391 g/mol. The Hall–Kier alpha value is -2.37. The average Bonchev–Trinajstić information content (AvgIpc) is 2.59. The molecule has 0 aliphatic heterocycles. The van der Waals surface area contributed by atoms with E-state index in [0.717, 1.165) is 16.8 Å². The van der Waals surface area contributed by atoms with Crippen LogP contribution in [0.25, 0.3) is 0 Å². The van der Waals surface area contributed by atoms with Crippen molar-refractivity contribution in [3.63, 3.8) is 0 Å². The van der Waals surface area contributed by atoms with Crippen molar-refractivity contribution in [3.05, 3.63) is 63.1 Å². The minimum Gasteiger partial charge on any atom is -0.326 e. The maximum Gasteiger partial charge on any atom is 0.240 e. The van der Waals surface area contributed by atoms with Crippen molar-refractivity contribution in [2.24, 2.45) is 5.10 Å². The van der Waals surface area contributed by atoms with Crippen LogP contribution in [-0.4, -0.2) is 18.0 Å². The van der Waals surface area contributed by atoms with E-state index >= 15 is 0 Å². The first-order valence-corrected chi connectivity index (χ1v) is 8.75. The number of hydrazone groups is 1. The number of hydrogen-bond donors (Lipinski definition) is 2. The minimum absolute atomic E-state index is 0.0252. The number of nitrogens with zero attached hydrogens (tertiary/aromatic N) is 1. The number of anilines is 1. The van der Waals surface area contributed by atoms with Crippen molar-refractivity contribution in [3.8, 4) is 0 Å². The van der Waals surface area contributed by atoms with E-state index in [1.165, 1.54) is 6.21 Å². The second-order valence-electron chi connectivity index (χ2n) is 5.80. The van der Waals surface area contributed by atoms with Crippen LogP contribution in [0, 0.1) is 13.8 Å². The highest BCUT2D eigenvalue weighted by molar-refractivity contribution is 6.43. The topological polar surface area (TPSA) is 70.6 Å². The molecule has 0 unspecified atom stereocenters. The fraction of sp³-hybridized carbons (Fsp3) is 0.211. The normalized spacial score (nSPS) is 10.8. The van der Waals surface area contributed by atoms with Gasteiger partial charge in [-0.3, -0.25) is 9.59 Å². The van der Waals surface area contributed by atoms with Crippen molar-refractivity contribution in [1.82, 2.24) is 5.43 Å². The maximum absolute atomic E-state index is 12.0. The Bertz CT molecular complexity index is 851. The second kappa shape index (κ2) is 9.36. The molecule has 7 heteroatoms. The van der Waals surface area contributed by atoms with E-state index in [2.05, 4.69) is 15.8 Å². The molecule has 0 radical (unpaired) electrons. The van der Waals surface area contributed by atoms with Crippen LogP contribution in [0.4, 0.5) is 5.69 Å². The highest BCUT2D eigenvalue weighted by atomic mass is 35.5. The largest absolute Gasteiger partial charge is 0.326 e. The van der Waals surface area contributed by atoms with Crippen LogP contribution < -0.4 is 10.7 Å². The summed E-state index contributed by atoms with van der Waals surface area (Å²) in [4.78, 5) is 23.8. The third-order valence-corrected chi connectivity index (χ3v) is 4.44. The van der Waals surface area contributed by atoms with Gasteiger partial charge in [-0.1, -0.05) is 53.0 Å². The Morgan fingerprint density at radius 1 is 1.08 bits per heavy atom. The number of rotatable bonds is 6. The van der Waals surface area contributed by atoms with E-state index in [9.17, 15) is 9.59 Å². The highest BCUT2D eigenvalue weighted by Gasteiger charge is 2.08. The zero-order valence-corrected chi connectivity index (χ0v) is 16.0. The smallest absolute Gasteiger partial charge is 0.240 e. The van der Waals surface area contributed by atoms with Crippen LogP contribution in [0.1, 0.15) is 29.5 Å². The van der Waals surface area contributed by atoms with Gasteiger partial charge in [-0.15, -0.1) is 0 Å². The summed E-state index contributed by atoms with van der Waals surface area (Å²) >= 11 is 11.9. The molecule has 0 atom stereocenters. The highest BCUT2D eigenvalue weighted by Crippen LogP contribution is 2.24. The first-order chi connectivity index (χ1) is 12.4. The number of nitrogens with one attached hydrogen (secondary N) is 2. The number of hydrogen-bond acceptors (Lipinski definition) is 3. The lowest BCUT2D eigenvalue weighted by Gasteiger charge is -2.08. The van der Waals surface area contributed by atoms with Crippen molar-refractivity contribution in [2.45, 2.75) is 26.7 Å². The molecule has 136 valence electrons. The van der Waals surface area contributed by atoms with E-state index in [-0.39, 0.29) is 24.7 Å². The third kappa shape index (κ3) is 5.86. The van der Waals surface area contributed by atoms with Crippen LogP contribution in [-0.2, 0) is 9.59 Å². The number of carbonyl (C=O) groups is 2. The Labute approximate surface area is 162 Å². The lowest BCUT2D eigenvalue weighted by Crippen LogP contribution is -2.20. The lowest BCUT2D eigenvalue weighted by molar-refractivity contribution is -0.124. The molecule has 2 aromatic carbocycles.